The standard InChI is InChI=1S/C26H34N6O4S/c1-5-6-9-21(12-13-22-10-7-8-11-23(22)37(33,34)35)20(2)14-15-27-24-28-25(31(3)4)30-26(29-24)32-16-18-36-19-17-32/h6-15H,5,16-19H2,1-4H3,(H,33,34,35)(H,27,28,29,30)/b9-6-,13-12+,15-14+,21-20+. The van der Waals surface area contributed by atoms with Gasteiger partial charge in [0.25, 0.3) is 10.1 Å². The molecular formula is C26H34N6O4S. The normalized spacial score (nSPS) is 15.5. The van der Waals surface area contributed by atoms with Crippen molar-refractivity contribution in [3.63, 3.8) is 0 Å². The highest BCUT2D eigenvalue weighted by atomic mass is 32.2. The number of nitrogens with one attached hydrogen (secondary N) is 1. The van der Waals surface area contributed by atoms with Gasteiger partial charge in [-0.05, 0) is 42.2 Å². The van der Waals surface area contributed by atoms with Crippen molar-refractivity contribution in [2.24, 2.45) is 0 Å². The smallest absolute Gasteiger partial charge is 0.295 e. The number of nitrogens with zero attached hydrogens (tertiary/aromatic N) is 5. The molecule has 2 aromatic rings. The number of allylic oxidation sites excluding steroid dienone is 6. The molecule has 0 amide bonds. The lowest BCUT2D eigenvalue weighted by atomic mass is 10.1. The van der Waals surface area contributed by atoms with Crippen LogP contribution < -0.4 is 15.1 Å². The Bertz CT molecular complexity index is 1300. The number of anilines is 3. The Morgan fingerprint density at radius 3 is 2.54 bits per heavy atom. The van der Waals surface area contributed by atoms with Crippen LogP contribution in [0.5, 0.6) is 0 Å². The Hall–Kier alpha value is -3.54. The van der Waals surface area contributed by atoms with Gasteiger partial charge in [0.2, 0.25) is 17.8 Å². The monoisotopic (exact) mass is 526 g/mol. The van der Waals surface area contributed by atoms with Crippen molar-refractivity contribution in [3.8, 4) is 0 Å². The molecule has 2 heterocycles. The minimum atomic E-state index is -4.33. The lowest BCUT2D eigenvalue weighted by Gasteiger charge is -2.27. The minimum Gasteiger partial charge on any atom is -0.378 e. The van der Waals surface area contributed by atoms with Crippen molar-refractivity contribution >= 4 is 34.0 Å². The Labute approximate surface area is 218 Å². The van der Waals surface area contributed by atoms with Crippen LogP contribution in [-0.4, -0.2) is 68.3 Å². The first kappa shape index (κ1) is 28.0. The maximum absolute atomic E-state index is 11.7. The minimum absolute atomic E-state index is 0.137. The molecule has 1 aliphatic rings. The zero-order chi connectivity index (χ0) is 26.8. The molecule has 1 aromatic heterocycles. The van der Waals surface area contributed by atoms with Crippen LogP contribution in [0.2, 0.25) is 0 Å². The van der Waals surface area contributed by atoms with Gasteiger partial charge in [0, 0.05) is 33.4 Å². The Balaban J connectivity index is 1.86. The topological polar surface area (TPSA) is 121 Å². The van der Waals surface area contributed by atoms with Gasteiger partial charge in [-0.1, -0.05) is 49.4 Å². The van der Waals surface area contributed by atoms with Crippen molar-refractivity contribution in [2.45, 2.75) is 25.2 Å². The van der Waals surface area contributed by atoms with Crippen LogP contribution in [0.25, 0.3) is 6.08 Å². The van der Waals surface area contributed by atoms with Crippen molar-refractivity contribution in [1.82, 2.24) is 15.0 Å². The van der Waals surface area contributed by atoms with Crippen LogP contribution >= 0.6 is 0 Å². The van der Waals surface area contributed by atoms with Crippen LogP contribution in [0.3, 0.4) is 0 Å². The zero-order valence-corrected chi connectivity index (χ0v) is 22.4. The van der Waals surface area contributed by atoms with Crippen molar-refractivity contribution in [2.75, 3.05) is 55.5 Å². The van der Waals surface area contributed by atoms with Gasteiger partial charge in [-0.25, -0.2) is 0 Å². The molecule has 10 nitrogen and oxygen atoms in total. The molecule has 0 radical (unpaired) electrons. The van der Waals surface area contributed by atoms with Crippen LogP contribution in [0, 0.1) is 0 Å². The van der Waals surface area contributed by atoms with Gasteiger partial charge in [-0.15, -0.1) is 0 Å². The molecule has 1 aliphatic heterocycles. The summed E-state index contributed by atoms with van der Waals surface area (Å²) in [7, 11) is -0.570. The molecule has 2 N–H and O–H groups in total. The van der Waals surface area contributed by atoms with Crippen LogP contribution in [0.15, 0.2) is 70.8 Å². The molecule has 0 bridgehead atoms. The summed E-state index contributed by atoms with van der Waals surface area (Å²) in [6, 6.07) is 6.31. The predicted octanol–water partition coefficient (Wildman–Crippen LogP) is 3.94. The lowest BCUT2D eigenvalue weighted by molar-refractivity contribution is 0.122. The van der Waals surface area contributed by atoms with Gasteiger partial charge in [0.1, 0.15) is 4.90 Å². The first-order valence-corrected chi connectivity index (χ1v) is 13.4. The van der Waals surface area contributed by atoms with Crippen molar-refractivity contribution < 1.29 is 17.7 Å². The molecule has 0 atom stereocenters. The van der Waals surface area contributed by atoms with Gasteiger partial charge < -0.3 is 19.9 Å². The molecular weight excluding hydrogens is 492 g/mol. The number of morpholine rings is 1. The number of ether oxygens (including phenoxy) is 1. The molecule has 0 unspecified atom stereocenters. The van der Waals surface area contributed by atoms with Gasteiger partial charge in [0.05, 0.1) is 13.2 Å². The molecule has 1 saturated heterocycles. The number of aromatic nitrogens is 3. The Kier molecular flexibility index (Phi) is 9.95. The van der Waals surface area contributed by atoms with Crippen LogP contribution in [-0.2, 0) is 14.9 Å². The van der Waals surface area contributed by atoms with E-state index in [0.717, 1.165) is 17.6 Å². The zero-order valence-electron chi connectivity index (χ0n) is 21.6. The Morgan fingerprint density at radius 1 is 1.14 bits per heavy atom. The van der Waals surface area contributed by atoms with Crippen LogP contribution in [0.1, 0.15) is 25.8 Å². The van der Waals surface area contributed by atoms with E-state index in [2.05, 4.69) is 25.2 Å². The largest absolute Gasteiger partial charge is 0.378 e. The fraction of sp³-hybridized carbons (Fsp3) is 0.346. The Morgan fingerprint density at radius 2 is 1.86 bits per heavy atom. The maximum Gasteiger partial charge on any atom is 0.295 e. The van der Waals surface area contributed by atoms with E-state index in [0.29, 0.717) is 49.7 Å². The summed E-state index contributed by atoms with van der Waals surface area (Å²) in [6.45, 7) is 6.68. The third kappa shape index (κ3) is 8.24. The molecule has 198 valence electrons. The SMILES string of the molecule is CC\C=C/C(/C=C/c1ccccc1S(=O)(=O)O)=C(C)\C=C\Nc1nc(N(C)C)nc(N2CCOCC2)n1. The van der Waals surface area contributed by atoms with Crippen molar-refractivity contribution in [1.29, 1.82) is 0 Å². The summed E-state index contributed by atoms with van der Waals surface area (Å²) in [6.07, 6.45) is 12.0. The highest BCUT2D eigenvalue weighted by molar-refractivity contribution is 7.85. The molecule has 0 aliphatic carbocycles. The average Bonchev–Trinajstić information content (AvgIpc) is 2.88. The number of hydrogen-bond acceptors (Lipinski definition) is 9. The lowest BCUT2D eigenvalue weighted by Crippen LogP contribution is -2.37. The van der Waals surface area contributed by atoms with E-state index >= 15 is 0 Å². The molecule has 1 aromatic carbocycles. The van der Waals surface area contributed by atoms with Gasteiger partial charge in [-0.2, -0.15) is 23.4 Å². The van der Waals surface area contributed by atoms with E-state index in [9.17, 15) is 13.0 Å². The summed E-state index contributed by atoms with van der Waals surface area (Å²) in [5.74, 6) is 1.57. The summed E-state index contributed by atoms with van der Waals surface area (Å²) in [5, 5.41) is 3.14. The molecule has 3 rings (SSSR count). The second-order valence-electron chi connectivity index (χ2n) is 8.53. The second-order valence-corrected chi connectivity index (χ2v) is 9.92. The third-order valence-corrected chi connectivity index (χ3v) is 6.41. The number of rotatable bonds is 10. The van der Waals surface area contributed by atoms with Gasteiger partial charge in [0.15, 0.2) is 0 Å². The van der Waals surface area contributed by atoms with E-state index in [1.807, 2.05) is 57.1 Å². The maximum atomic E-state index is 11.7. The van der Waals surface area contributed by atoms with E-state index in [1.165, 1.54) is 6.07 Å². The first-order valence-electron chi connectivity index (χ1n) is 12.0. The summed E-state index contributed by atoms with van der Waals surface area (Å²) >= 11 is 0. The highest BCUT2D eigenvalue weighted by Gasteiger charge is 2.17. The predicted molar refractivity (Wildman–Crippen MR) is 147 cm³/mol. The van der Waals surface area contributed by atoms with E-state index in [1.54, 1.807) is 30.5 Å². The average molecular weight is 527 g/mol. The summed E-state index contributed by atoms with van der Waals surface area (Å²) in [5.41, 5.74) is 2.20. The molecule has 0 saturated carbocycles. The van der Waals surface area contributed by atoms with E-state index in [4.69, 9.17) is 4.74 Å². The quantitative estimate of drug-likeness (QED) is 0.348. The molecule has 11 heteroatoms. The summed E-state index contributed by atoms with van der Waals surface area (Å²) < 4.78 is 38.4. The second kappa shape index (κ2) is 13.1. The van der Waals surface area contributed by atoms with Crippen molar-refractivity contribution in [3.05, 3.63) is 71.5 Å². The fourth-order valence-electron chi connectivity index (χ4n) is 3.46. The third-order valence-electron chi connectivity index (χ3n) is 5.48. The molecule has 37 heavy (non-hydrogen) atoms. The molecule has 0 spiro atoms. The fourth-order valence-corrected chi connectivity index (χ4v) is 4.14. The molecule has 1 fully saturated rings. The number of hydrogen-bond donors (Lipinski definition) is 2. The van der Waals surface area contributed by atoms with E-state index in [-0.39, 0.29) is 4.90 Å². The van der Waals surface area contributed by atoms with Gasteiger partial charge in [-0.3, -0.25) is 4.55 Å². The number of benzene rings is 1. The highest BCUT2D eigenvalue weighted by Crippen LogP contribution is 2.20. The first-order chi connectivity index (χ1) is 17.7. The van der Waals surface area contributed by atoms with Crippen LogP contribution in [0.4, 0.5) is 17.8 Å². The van der Waals surface area contributed by atoms with E-state index < -0.39 is 10.1 Å². The summed E-state index contributed by atoms with van der Waals surface area (Å²) in [4.78, 5) is 17.4. The van der Waals surface area contributed by atoms with Gasteiger partial charge >= 0.3 is 0 Å².